The third-order valence-corrected chi connectivity index (χ3v) is 3.42. The van der Waals surface area contributed by atoms with Crippen molar-refractivity contribution in [3.05, 3.63) is 59.2 Å². The minimum absolute atomic E-state index is 0.250. The normalized spacial score (nSPS) is 10.2. The molecule has 4 nitrogen and oxygen atoms in total. The number of benzene rings is 2. The van der Waals surface area contributed by atoms with E-state index in [1.54, 1.807) is 18.2 Å². The average Bonchev–Trinajstić information content (AvgIpc) is 2.46. The summed E-state index contributed by atoms with van der Waals surface area (Å²) in [6.07, 6.45) is 0. The van der Waals surface area contributed by atoms with Gasteiger partial charge in [-0.3, -0.25) is 0 Å². The van der Waals surface area contributed by atoms with Gasteiger partial charge in [0.25, 0.3) is 0 Å². The van der Waals surface area contributed by atoms with E-state index in [2.05, 4.69) is 0 Å². The van der Waals surface area contributed by atoms with Gasteiger partial charge in [0.2, 0.25) is 0 Å². The molecule has 2 aromatic carbocycles. The van der Waals surface area contributed by atoms with Gasteiger partial charge in [-0.15, -0.1) is 0 Å². The van der Waals surface area contributed by atoms with Gasteiger partial charge in [-0.1, -0.05) is 18.2 Å². The molecule has 2 rings (SSSR count). The number of esters is 1. The molecular formula is C17H19NO3. The van der Waals surface area contributed by atoms with Crippen molar-refractivity contribution in [2.45, 2.75) is 13.5 Å². The van der Waals surface area contributed by atoms with Gasteiger partial charge < -0.3 is 14.7 Å². The first-order valence-corrected chi connectivity index (χ1v) is 6.70. The summed E-state index contributed by atoms with van der Waals surface area (Å²) in [5.74, 6) is -0.0824. The zero-order chi connectivity index (χ0) is 15.4. The van der Waals surface area contributed by atoms with E-state index in [-0.39, 0.29) is 11.7 Å². The monoisotopic (exact) mass is 285 g/mol. The second kappa shape index (κ2) is 6.31. The van der Waals surface area contributed by atoms with Crippen LogP contribution in [0.2, 0.25) is 0 Å². The lowest BCUT2D eigenvalue weighted by molar-refractivity contribution is 0.0599. The molecule has 0 bridgehead atoms. The van der Waals surface area contributed by atoms with E-state index in [0.717, 1.165) is 16.8 Å². The molecule has 0 atom stereocenters. The van der Waals surface area contributed by atoms with Gasteiger partial charge in [-0.25, -0.2) is 4.79 Å². The van der Waals surface area contributed by atoms with Crippen molar-refractivity contribution in [2.24, 2.45) is 0 Å². The Bertz CT molecular complexity index is 652. The van der Waals surface area contributed by atoms with E-state index >= 15 is 0 Å². The third-order valence-electron chi connectivity index (χ3n) is 3.42. The van der Waals surface area contributed by atoms with Gasteiger partial charge >= 0.3 is 5.97 Å². The Kier molecular flexibility index (Phi) is 4.48. The summed E-state index contributed by atoms with van der Waals surface area (Å²) in [6, 6.07) is 12.6. The maximum Gasteiger partial charge on any atom is 0.338 e. The van der Waals surface area contributed by atoms with Crippen LogP contribution in [0, 0.1) is 6.92 Å². The number of methoxy groups -OCH3 is 1. The Morgan fingerprint density at radius 2 is 1.95 bits per heavy atom. The zero-order valence-corrected chi connectivity index (χ0v) is 12.5. The van der Waals surface area contributed by atoms with Crippen LogP contribution in [0.5, 0.6) is 5.75 Å². The van der Waals surface area contributed by atoms with E-state index < -0.39 is 0 Å². The Morgan fingerprint density at radius 3 is 2.62 bits per heavy atom. The van der Waals surface area contributed by atoms with Crippen LogP contribution in [0.15, 0.2) is 42.5 Å². The fourth-order valence-corrected chi connectivity index (χ4v) is 2.38. The van der Waals surface area contributed by atoms with Crippen molar-refractivity contribution in [3.8, 4) is 5.75 Å². The predicted molar refractivity (Wildman–Crippen MR) is 82.7 cm³/mol. The van der Waals surface area contributed by atoms with Crippen molar-refractivity contribution in [3.63, 3.8) is 0 Å². The highest BCUT2D eigenvalue weighted by atomic mass is 16.5. The molecule has 0 aliphatic rings. The van der Waals surface area contributed by atoms with Gasteiger partial charge in [-0.2, -0.15) is 0 Å². The Morgan fingerprint density at radius 1 is 1.24 bits per heavy atom. The number of hydrogen-bond acceptors (Lipinski definition) is 4. The van der Waals surface area contributed by atoms with Crippen LogP contribution in [0.4, 0.5) is 5.69 Å². The minimum atomic E-state index is -0.332. The van der Waals surface area contributed by atoms with Crippen LogP contribution in [0.25, 0.3) is 0 Å². The number of ether oxygens (including phenoxy) is 1. The maximum absolute atomic E-state index is 11.8. The average molecular weight is 285 g/mol. The summed E-state index contributed by atoms with van der Waals surface area (Å²) in [5.41, 5.74) is 3.46. The number of carbonyl (C=O) groups excluding carboxylic acids is 1. The zero-order valence-electron chi connectivity index (χ0n) is 12.5. The molecule has 0 heterocycles. The molecule has 0 unspecified atom stereocenters. The molecule has 2 aromatic rings. The predicted octanol–water partition coefficient (Wildman–Crippen LogP) is 3.12. The summed E-state index contributed by atoms with van der Waals surface area (Å²) in [5, 5.41) is 9.48. The lowest BCUT2D eigenvalue weighted by Gasteiger charge is -2.22. The molecule has 0 saturated carbocycles. The number of aromatic hydroxyl groups is 1. The number of aryl methyl sites for hydroxylation is 1. The second-order valence-electron chi connectivity index (χ2n) is 4.98. The first-order valence-electron chi connectivity index (χ1n) is 6.70. The number of anilines is 1. The number of phenolic OH excluding ortho intramolecular Hbond substituents is 1. The largest absolute Gasteiger partial charge is 0.508 e. The fourth-order valence-electron chi connectivity index (χ4n) is 2.38. The molecule has 21 heavy (non-hydrogen) atoms. The van der Waals surface area contributed by atoms with Crippen LogP contribution >= 0.6 is 0 Å². The molecule has 4 heteroatoms. The molecule has 0 saturated heterocycles. The second-order valence-corrected chi connectivity index (χ2v) is 4.98. The van der Waals surface area contributed by atoms with Gasteiger partial charge in [0, 0.05) is 19.3 Å². The summed E-state index contributed by atoms with van der Waals surface area (Å²) in [4.78, 5) is 13.8. The molecule has 1 N–H and O–H groups in total. The van der Waals surface area contributed by atoms with Gasteiger partial charge in [0.05, 0.1) is 12.7 Å². The van der Waals surface area contributed by atoms with Crippen molar-refractivity contribution >= 4 is 11.7 Å². The lowest BCUT2D eigenvalue weighted by Crippen LogP contribution is -2.19. The van der Waals surface area contributed by atoms with Crippen LogP contribution in [0.1, 0.15) is 21.5 Å². The molecule has 0 fully saturated rings. The Hall–Kier alpha value is -2.49. The third kappa shape index (κ3) is 3.34. The van der Waals surface area contributed by atoms with Crippen LogP contribution in [-0.2, 0) is 11.3 Å². The molecule has 0 spiro atoms. The molecule has 0 aromatic heterocycles. The van der Waals surface area contributed by atoms with Crippen molar-refractivity contribution in [2.75, 3.05) is 19.1 Å². The summed E-state index contributed by atoms with van der Waals surface area (Å²) < 4.78 is 4.81. The van der Waals surface area contributed by atoms with Gasteiger partial charge in [0.15, 0.2) is 0 Å². The maximum atomic E-state index is 11.8. The number of rotatable bonds is 4. The molecular weight excluding hydrogens is 266 g/mol. The van der Waals surface area contributed by atoms with E-state index in [9.17, 15) is 9.90 Å². The molecule has 0 radical (unpaired) electrons. The first kappa shape index (κ1) is 14.9. The topological polar surface area (TPSA) is 49.8 Å². The van der Waals surface area contributed by atoms with Crippen molar-refractivity contribution < 1.29 is 14.6 Å². The van der Waals surface area contributed by atoms with Gasteiger partial charge in [0.1, 0.15) is 5.75 Å². The number of nitrogens with zero attached hydrogens (tertiary/aromatic N) is 1. The quantitative estimate of drug-likeness (QED) is 0.877. The van der Waals surface area contributed by atoms with E-state index in [1.165, 1.54) is 7.11 Å². The highest BCUT2D eigenvalue weighted by Gasteiger charge is 2.13. The Labute approximate surface area is 124 Å². The molecule has 0 aliphatic carbocycles. The smallest absolute Gasteiger partial charge is 0.338 e. The fraction of sp³-hybridized carbons (Fsp3) is 0.235. The van der Waals surface area contributed by atoms with Gasteiger partial charge in [-0.05, 0) is 42.3 Å². The van der Waals surface area contributed by atoms with Crippen LogP contribution in [-0.4, -0.2) is 25.2 Å². The standard InChI is InChI=1S/C17H19NO3/c1-12-10-14(19)8-9-16(12)18(2)11-13-6-4-5-7-15(13)17(20)21-3/h4-10,19H,11H2,1-3H3. The highest BCUT2D eigenvalue weighted by molar-refractivity contribution is 5.91. The highest BCUT2D eigenvalue weighted by Crippen LogP contribution is 2.25. The Balaban J connectivity index is 2.27. The van der Waals surface area contributed by atoms with E-state index in [4.69, 9.17) is 4.74 Å². The minimum Gasteiger partial charge on any atom is -0.508 e. The van der Waals surface area contributed by atoms with E-state index in [1.807, 2.05) is 43.1 Å². The van der Waals surface area contributed by atoms with E-state index in [0.29, 0.717) is 12.1 Å². The summed E-state index contributed by atoms with van der Waals surface area (Å²) in [7, 11) is 3.33. The number of carbonyl (C=O) groups is 1. The van der Waals surface area contributed by atoms with Crippen LogP contribution < -0.4 is 4.90 Å². The molecule has 0 aliphatic heterocycles. The first-order chi connectivity index (χ1) is 10.0. The lowest BCUT2D eigenvalue weighted by atomic mass is 10.1. The van der Waals surface area contributed by atoms with Crippen molar-refractivity contribution in [1.29, 1.82) is 0 Å². The summed E-state index contributed by atoms with van der Waals surface area (Å²) >= 11 is 0. The van der Waals surface area contributed by atoms with Crippen LogP contribution in [0.3, 0.4) is 0 Å². The number of hydrogen-bond donors (Lipinski definition) is 1. The van der Waals surface area contributed by atoms with Crippen molar-refractivity contribution in [1.82, 2.24) is 0 Å². The number of phenols is 1. The summed E-state index contributed by atoms with van der Waals surface area (Å²) in [6.45, 7) is 2.52. The molecule has 0 amide bonds. The SMILES string of the molecule is COC(=O)c1ccccc1CN(C)c1ccc(O)cc1C. The molecule has 110 valence electrons.